The second-order valence-electron chi connectivity index (χ2n) is 9.25. The summed E-state index contributed by atoms with van der Waals surface area (Å²) in [5.74, 6) is -0.675. The lowest BCUT2D eigenvalue weighted by molar-refractivity contribution is -0.142. The van der Waals surface area contributed by atoms with Gasteiger partial charge in [-0.3, -0.25) is 4.79 Å². The molecule has 2 N–H and O–H groups in total. The van der Waals surface area contributed by atoms with Gasteiger partial charge in [-0.2, -0.15) is 0 Å². The maximum absolute atomic E-state index is 12.9. The molecule has 36 heavy (non-hydrogen) atoms. The van der Waals surface area contributed by atoms with Crippen molar-refractivity contribution in [3.8, 4) is 11.1 Å². The van der Waals surface area contributed by atoms with Crippen LogP contribution in [-0.2, 0) is 16.0 Å². The summed E-state index contributed by atoms with van der Waals surface area (Å²) >= 11 is 0. The number of fused-ring (bicyclic) bond motifs is 2. The molecule has 0 aliphatic carbocycles. The fraction of sp³-hybridized carbons (Fsp3) is 0.345. The molecule has 1 amide bonds. The first kappa shape index (κ1) is 25.2. The van der Waals surface area contributed by atoms with Crippen LogP contribution in [0.1, 0.15) is 55.1 Å². The number of amides is 1. The number of carboxylic acid groups (broad SMARTS) is 1. The van der Waals surface area contributed by atoms with Gasteiger partial charge in [0, 0.05) is 33.9 Å². The largest absolute Gasteiger partial charge is 0.480 e. The van der Waals surface area contributed by atoms with Gasteiger partial charge in [0.15, 0.2) is 0 Å². The Morgan fingerprint density at radius 1 is 1.00 bits per heavy atom. The van der Waals surface area contributed by atoms with Crippen molar-refractivity contribution in [2.45, 2.75) is 65.8 Å². The highest BCUT2D eigenvalue weighted by Crippen LogP contribution is 2.39. The summed E-state index contributed by atoms with van der Waals surface area (Å²) in [5.41, 5.74) is 4.60. The van der Waals surface area contributed by atoms with Gasteiger partial charge < -0.3 is 19.3 Å². The van der Waals surface area contributed by atoms with E-state index < -0.39 is 23.5 Å². The Balaban J connectivity index is 1.70. The number of furan rings is 1. The van der Waals surface area contributed by atoms with Crippen molar-refractivity contribution in [1.82, 2.24) is 5.32 Å². The van der Waals surface area contributed by atoms with E-state index in [1.165, 1.54) is 0 Å². The molecule has 0 aliphatic heterocycles. The highest BCUT2D eigenvalue weighted by atomic mass is 16.4. The third kappa shape index (κ3) is 4.78. The minimum atomic E-state index is -1.05. The number of carbonyl (C=O) groups excluding carboxylic acids is 1. The first-order chi connectivity index (χ1) is 17.2. The van der Waals surface area contributed by atoms with E-state index in [4.69, 9.17) is 8.83 Å². The zero-order valence-corrected chi connectivity index (χ0v) is 21.1. The van der Waals surface area contributed by atoms with Crippen molar-refractivity contribution in [3.63, 3.8) is 0 Å². The molecule has 0 saturated carbocycles. The highest BCUT2D eigenvalue weighted by Gasteiger charge is 2.22. The summed E-state index contributed by atoms with van der Waals surface area (Å²) in [6, 6.07) is 11.0. The van der Waals surface area contributed by atoms with E-state index in [9.17, 15) is 19.5 Å². The molecule has 2 heterocycles. The average Bonchev–Trinajstić information content (AvgIpc) is 3.19. The normalized spacial score (nSPS) is 12.2. The number of hydrogen-bond donors (Lipinski definition) is 2. The summed E-state index contributed by atoms with van der Waals surface area (Å²) in [6.45, 7) is 7.62. The van der Waals surface area contributed by atoms with Crippen LogP contribution in [0.15, 0.2) is 50.0 Å². The van der Waals surface area contributed by atoms with Crippen LogP contribution in [0.2, 0.25) is 0 Å². The molecule has 2 aromatic heterocycles. The molecule has 0 aliphatic rings. The number of unbranched alkanes of at least 4 members (excludes halogenated alkanes) is 1. The summed E-state index contributed by atoms with van der Waals surface area (Å²) in [4.78, 5) is 36.8. The number of nitrogens with one attached hydrogen (secondary N) is 1. The molecule has 7 nitrogen and oxygen atoms in total. The van der Waals surface area contributed by atoms with Crippen molar-refractivity contribution in [3.05, 3.63) is 69.3 Å². The average molecular weight is 490 g/mol. The quantitative estimate of drug-likeness (QED) is 0.287. The molecule has 0 bridgehead atoms. The van der Waals surface area contributed by atoms with Crippen LogP contribution in [0.5, 0.6) is 0 Å². The molecule has 188 valence electrons. The number of carbonyl (C=O) groups is 2. The molecule has 2 aromatic carbocycles. The van der Waals surface area contributed by atoms with Gasteiger partial charge in [0.05, 0.1) is 0 Å². The monoisotopic (exact) mass is 489 g/mol. The van der Waals surface area contributed by atoms with E-state index >= 15 is 0 Å². The van der Waals surface area contributed by atoms with Gasteiger partial charge in [-0.15, -0.1) is 0 Å². The number of aryl methyl sites for hydroxylation is 3. The van der Waals surface area contributed by atoms with E-state index in [1.54, 1.807) is 0 Å². The minimum Gasteiger partial charge on any atom is -0.480 e. The summed E-state index contributed by atoms with van der Waals surface area (Å²) < 4.78 is 11.8. The van der Waals surface area contributed by atoms with Gasteiger partial charge >= 0.3 is 11.6 Å². The Bertz CT molecular complexity index is 1500. The van der Waals surface area contributed by atoms with Crippen molar-refractivity contribution in [2.24, 2.45) is 0 Å². The molecule has 0 fully saturated rings. The van der Waals surface area contributed by atoms with Crippen molar-refractivity contribution in [2.75, 3.05) is 0 Å². The van der Waals surface area contributed by atoms with Gasteiger partial charge in [0.1, 0.15) is 23.0 Å². The molecule has 0 saturated heterocycles. The second-order valence-corrected chi connectivity index (χ2v) is 9.25. The van der Waals surface area contributed by atoms with Crippen LogP contribution in [0, 0.1) is 20.8 Å². The maximum atomic E-state index is 12.9. The Morgan fingerprint density at radius 2 is 1.69 bits per heavy atom. The lowest BCUT2D eigenvalue weighted by atomic mass is 9.96. The maximum Gasteiger partial charge on any atom is 0.339 e. The van der Waals surface area contributed by atoms with E-state index in [2.05, 4.69) is 5.32 Å². The number of aliphatic carboxylic acids is 1. The zero-order valence-electron chi connectivity index (χ0n) is 21.1. The molecule has 1 unspecified atom stereocenters. The first-order valence-corrected chi connectivity index (χ1v) is 12.3. The van der Waals surface area contributed by atoms with Crippen molar-refractivity contribution in [1.29, 1.82) is 0 Å². The molecule has 4 aromatic rings. The molecule has 7 heteroatoms. The Kier molecular flexibility index (Phi) is 7.29. The topological polar surface area (TPSA) is 110 Å². The van der Waals surface area contributed by atoms with Crippen molar-refractivity contribution < 1.29 is 23.5 Å². The number of hydrogen-bond acceptors (Lipinski definition) is 5. The molecular weight excluding hydrogens is 458 g/mol. The van der Waals surface area contributed by atoms with Gasteiger partial charge in [0.25, 0.3) is 0 Å². The lowest BCUT2D eigenvalue weighted by Gasteiger charge is -2.14. The van der Waals surface area contributed by atoms with Crippen LogP contribution >= 0.6 is 0 Å². The van der Waals surface area contributed by atoms with Gasteiger partial charge in [0.2, 0.25) is 5.91 Å². The van der Waals surface area contributed by atoms with Crippen LogP contribution in [0.25, 0.3) is 33.1 Å². The van der Waals surface area contributed by atoms with Gasteiger partial charge in [-0.25, -0.2) is 9.59 Å². The van der Waals surface area contributed by atoms with Crippen LogP contribution in [0.3, 0.4) is 0 Å². The third-order valence-electron chi connectivity index (χ3n) is 6.78. The standard InChI is InChI=1S/C29H31NO6/c1-5-6-12-23(28(32)33)30-24(31)14-13-20-16(2)21-15-22-25(19-10-8-7-9-11-19)18(4)35-27(22)17(3)26(21)36-29(20)34/h7-11,15,23H,5-6,12-14H2,1-4H3,(H,30,31)(H,32,33). The molecule has 0 radical (unpaired) electrons. The second kappa shape index (κ2) is 10.4. The van der Waals surface area contributed by atoms with Crippen LogP contribution in [-0.4, -0.2) is 23.0 Å². The first-order valence-electron chi connectivity index (χ1n) is 12.3. The number of benzene rings is 2. The van der Waals surface area contributed by atoms with E-state index in [-0.39, 0.29) is 12.8 Å². The van der Waals surface area contributed by atoms with Gasteiger partial charge in [-0.1, -0.05) is 50.1 Å². The van der Waals surface area contributed by atoms with Crippen molar-refractivity contribution >= 4 is 33.8 Å². The van der Waals surface area contributed by atoms with E-state index in [0.29, 0.717) is 29.6 Å². The van der Waals surface area contributed by atoms with Crippen LogP contribution < -0.4 is 10.9 Å². The minimum absolute atomic E-state index is 0.00563. The Hall–Kier alpha value is -3.87. The highest BCUT2D eigenvalue weighted by molar-refractivity contribution is 6.05. The molecule has 1 atom stereocenters. The summed E-state index contributed by atoms with van der Waals surface area (Å²) in [6.07, 6.45) is 2.07. The lowest BCUT2D eigenvalue weighted by Crippen LogP contribution is -2.40. The fourth-order valence-corrected chi connectivity index (χ4v) is 4.80. The Labute approximate surface area is 209 Å². The number of rotatable bonds is 9. The van der Waals surface area contributed by atoms with Crippen LogP contribution in [0.4, 0.5) is 0 Å². The zero-order chi connectivity index (χ0) is 26.0. The number of carboxylic acids is 1. The summed E-state index contributed by atoms with van der Waals surface area (Å²) in [7, 11) is 0. The van der Waals surface area contributed by atoms with E-state index in [0.717, 1.165) is 45.2 Å². The SMILES string of the molecule is CCCCC(NC(=O)CCc1c(C)c2cc3c(-c4ccccc4)c(C)oc3c(C)c2oc1=O)C(=O)O. The molecular formula is C29H31NO6. The van der Waals surface area contributed by atoms with E-state index in [1.807, 2.05) is 64.1 Å². The van der Waals surface area contributed by atoms with Gasteiger partial charge in [-0.05, 0) is 50.8 Å². The fourth-order valence-electron chi connectivity index (χ4n) is 4.80. The summed E-state index contributed by atoms with van der Waals surface area (Å²) in [5, 5.41) is 13.7. The predicted octanol–water partition coefficient (Wildman–Crippen LogP) is 5.82. The third-order valence-corrected chi connectivity index (χ3v) is 6.78. The molecule has 4 rings (SSSR count). The smallest absolute Gasteiger partial charge is 0.339 e. The molecule has 0 spiro atoms. The Morgan fingerprint density at radius 3 is 2.36 bits per heavy atom. The predicted molar refractivity (Wildman–Crippen MR) is 139 cm³/mol.